The van der Waals surface area contributed by atoms with E-state index in [4.69, 9.17) is 4.74 Å². The molecule has 0 bridgehead atoms. The molecule has 0 atom stereocenters. The summed E-state index contributed by atoms with van der Waals surface area (Å²) in [6.45, 7) is 4.78. The van der Waals surface area contributed by atoms with Crippen molar-refractivity contribution in [2.75, 3.05) is 13.7 Å². The minimum atomic E-state index is 0.0576. The molecule has 1 N–H and O–H groups in total. The van der Waals surface area contributed by atoms with Gasteiger partial charge in [-0.3, -0.25) is 9.48 Å². The monoisotopic (exact) mass is 369 g/mol. The molecule has 1 aliphatic carbocycles. The van der Waals surface area contributed by atoms with Gasteiger partial charge in [0.2, 0.25) is 5.91 Å². The number of carbonyl (C=O) groups excluding carboxylic acids is 1. The molecule has 0 radical (unpaired) electrons. The van der Waals surface area contributed by atoms with Crippen LogP contribution in [0.4, 0.5) is 0 Å². The van der Waals surface area contributed by atoms with Crippen molar-refractivity contribution < 1.29 is 9.53 Å². The van der Waals surface area contributed by atoms with E-state index < -0.39 is 0 Å². The van der Waals surface area contributed by atoms with Crippen molar-refractivity contribution in [2.45, 2.75) is 57.8 Å². The van der Waals surface area contributed by atoms with Gasteiger partial charge in [0.05, 0.1) is 12.8 Å². The number of benzene rings is 1. The van der Waals surface area contributed by atoms with Crippen LogP contribution in [0.1, 0.15) is 54.6 Å². The first-order chi connectivity index (χ1) is 12.9. The van der Waals surface area contributed by atoms with Gasteiger partial charge in [-0.05, 0) is 56.4 Å². The number of ether oxygens (including phenoxy) is 1. The van der Waals surface area contributed by atoms with Crippen LogP contribution in [0.5, 0.6) is 5.75 Å². The third kappa shape index (κ3) is 4.18. The highest BCUT2D eigenvalue weighted by Gasteiger charge is 2.35. The zero-order chi connectivity index (χ0) is 19.4. The fraction of sp³-hybridized carbons (Fsp3) is 0.545. The predicted molar refractivity (Wildman–Crippen MR) is 107 cm³/mol. The molecule has 146 valence electrons. The number of methoxy groups -OCH3 is 1. The Balaban J connectivity index is 1.61. The quantitative estimate of drug-likeness (QED) is 0.811. The molecule has 2 aromatic rings. The maximum Gasteiger partial charge on any atom is 0.220 e. The zero-order valence-corrected chi connectivity index (χ0v) is 17.0. The van der Waals surface area contributed by atoms with Gasteiger partial charge in [-0.2, -0.15) is 5.10 Å². The lowest BCUT2D eigenvalue weighted by Crippen LogP contribution is -2.39. The predicted octanol–water partition coefficient (Wildman–Crippen LogP) is 3.61. The summed E-state index contributed by atoms with van der Waals surface area (Å²) in [6.07, 6.45) is 5.94. The van der Waals surface area contributed by atoms with Gasteiger partial charge in [-0.1, -0.05) is 25.0 Å². The number of hydrogen-bond acceptors (Lipinski definition) is 3. The first kappa shape index (κ1) is 19.5. The standard InChI is InChI=1S/C22H31N3O2/c1-16-20(17(2)25(3)24-16)11-12-21(26)23-15-22(13-5-6-14-22)18-7-9-19(27-4)10-8-18/h7-10H,5-6,11-15H2,1-4H3,(H,23,26). The van der Waals surface area contributed by atoms with Crippen molar-refractivity contribution in [3.63, 3.8) is 0 Å². The summed E-state index contributed by atoms with van der Waals surface area (Å²) in [6, 6.07) is 8.34. The van der Waals surface area contributed by atoms with Crippen LogP contribution < -0.4 is 10.1 Å². The van der Waals surface area contributed by atoms with Gasteiger partial charge in [-0.25, -0.2) is 0 Å². The molecule has 1 amide bonds. The second kappa shape index (κ2) is 8.15. The van der Waals surface area contributed by atoms with Crippen molar-refractivity contribution in [1.82, 2.24) is 15.1 Å². The molecule has 1 saturated carbocycles. The van der Waals surface area contributed by atoms with Gasteiger partial charge in [-0.15, -0.1) is 0 Å². The minimum absolute atomic E-state index is 0.0576. The molecule has 0 unspecified atom stereocenters. The topological polar surface area (TPSA) is 56.1 Å². The number of hydrogen-bond donors (Lipinski definition) is 1. The lowest BCUT2D eigenvalue weighted by molar-refractivity contribution is -0.121. The van der Waals surface area contributed by atoms with Crippen molar-refractivity contribution in [3.8, 4) is 5.75 Å². The maximum atomic E-state index is 12.5. The highest BCUT2D eigenvalue weighted by Crippen LogP contribution is 2.41. The zero-order valence-electron chi connectivity index (χ0n) is 17.0. The Morgan fingerprint density at radius 2 is 1.89 bits per heavy atom. The Labute approximate surface area is 162 Å². The van der Waals surface area contributed by atoms with Crippen LogP contribution in [0, 0.1) is 13.8 Å². The largest absolute Gasteiger partial charge is 0.497 e. The van der Waals surface area contributed by atoms with Gasteiger partial charge >= 0.3 is 0 Å². The van der Waals surface area contributed by atoms with E-state index in [0.29, 0.717) is 13.0 Å². The Bertz CT molecular complexity index is 787. The Hall–Kier alpha value is -2.30. The Kier molecular flexibility index (Phi) is 5.88. The molecule has 0 aliphatic heterocycles. The highest BCUT2D eigenvalue weighted by atomic mass is 16.5. The summed E-state index contributed by atoms with van der Waals surface area (Å²) < 4.78 is 7.17. The molecule has 0 saturated heterocycles. The van der Waals surface area contributed by atoms with E-state index in [9.17, 15) is 4.79 Å². The third-order valence-electron chi connectivity index (χ3n) is 6.15. The number of aromatic nitrogens is 2. The summed E-state index contributed by atoms with van der Waals surface area (Å²) in [4.78, 5) is 12.5. The van der Waals surface area contributed by atoms with Crippen LogP contribution in [0.3, 0.4) is 0 Å². The van der Waals surface area contributed by atoms with Crippen LogP contribution in [0.15, 0.2) is 24.3 Å². The number of aryl methyl sites for hydroxylation is 2. The molecule has 0 spiro atoms. The summed E-state index contributed by atoms with van der Waals surface area (Å²) in [7, 11) is 3.64. The van der Waals surface area contributed by atoms with Crippen LogP contribution in [0.2, 0.25) is 0 Å². The summed E-state index contributed by atoms with van der Waals surface area (Å²) in [5.41, 5.74) is 4.72. The van der Waals surface area contributed by atoms with E-state index in [1.807, 2.05) is 30.8 Å². The summed E-state index contributed by atoms with van der Waals surface area (Å²) in [5.74, 6) is 0.996. The van der Waals surface area contributed by atoms with Crippen molar-refractivity contribution in [2.24, 2.45) is 7.05 Å². The molecular weight excluding hydrogens is 338 g/mol. The lowest BCUT2D eigenvalue weighted by atomic mass is 9.78. The molecular formula is C22H31N3O2. The van der Waals surface area contributed by atoms with Gasteiger partial charge in [0.15, 0.2) is 0 Å². The van der Waals surface area contributed by atoms with E-state index in [1.54, 1.807) is 7.11 Å². The lowest BCUT2D eigenvalue weighted by Gasteiger charge is -2.30. The minimum Gasteiger partial charge on any atom is -0.497 e. The Morgan fingerprint density at radius 3 is 2.44 bits per heavy atom. The van der Waals surface area contributed by atoms with Gasteiger partial charge in [0.25, 0.3) is 0 Å². The number of nitrogens with zero attached hydrogens (tertiary/aromatic N) is 2. The highest BCUT2D eigenvalue weighted by molar-refractivity contribution is 5.76. The Morgan fingerprint density at radius 1 is 1.22 bits per heavy atom. The molecule has 1 aromatic heterocycles. The molecule has 1 fully saturated rings. The van der Waals surface area contributed by atoms with Crippen molar-refractivity contribution >= 4 is 5.91 Å². The fourth-order valence-electron chi connectivity index (χ4n) is 4.34. The maximum absolute atomic E-state index is 12.5. The van der Waals surface area contributed by atoms with Crippen molar-refractivity contribution in [3.05, 3.63) is 46.8 Å². The summed E-state index contributed by atoms with van der Waals surface area (Å²) in [5, 5.41) is 7.65. The average molecular weight is 370 g/mol. The molecule has 5 heteroatoms. The molecule has 1 aromatic carbocycles. The normalized spacial score (nSPS) is 15.7. The average Bonchev–Trinajstić information content (AvgIpc) is 3.25. The number of carbonyl (C=O) groups is 1. The molecule has 5 nitrogen and oxygen atoms in total. The van der Waals surface area contributed by atoms with E-state index in [-0.39, 0.29) is 11.3 Å². The second-order valence-corrected chi connectivity index (χ2v) is 7.77. The molecule has 1 aliphatic rings. The van der Waals surface area contributed by atoms with Gasteiger partial charge < -0.3 is 10.1 Å². The summed E-state index contributed by atoms with van der Waals surface area (Å²) >= 11 is 0. The van der Waals surface area contributed by atoms with Crippen LogP contribution in [-0.4, -0.2) is 29.3 Å². The number of nitrogens with one attached hydrogen (secondary N) is 1. The van der Waals surface area contributed by atoms with Crippen LogP contribution in [0.25, 0.3) is 0 Å². The first-order valence-corrected chi connectivity index (χ1v) is 9.85. The second-order valence-electron chi connectivity index (χ2n) is 7.77. The third-order valence-corrected chi connectivity index (χ3v) is 6.15. The fourth-order valence-corrected chi connectivity index (χ4v) is 4.34. The molecule has 27 heavy (non-hydrogen) atoms. The van der Waals surface area contributed by atoms with E-state index in [0.717, 1.165) is 36.4 Å². The van der Waals surface area contributed by atoms with Gasteiger partial charge in [0, 0.05) is 31.1 Å². The van der Waals surface area contributed by atoms with Crippen LogP contribution >= 0.6 is 0 Å². The van der Waals surface area contributed by atoms with E-state index >= 15 is 0 Å². The SMILES string of the molecule is COc1ccc(C2(CNC(=O)CCc3c(C)nn(C)c3C)CCCC2)cc1. The van der Waals surface area contributed by atoms with E-state index in [1.165, 1.54) is 24.0 Å². The number of rotatable bonds is 7. The van der Waals surface area contributed by atoms with Crippen LogP contribution in [-0.2, 0) is 23.7 Å². The molecule has 1 heterocycles. The molecule has 3 rings (SSSR count). The van der Waals surface area contributed by atoms with E-state index in [2.05, 4.69) is 29.5 Å². The smallest absolute Gasteiger partial charge is 0.220 e. The number of amides is 1. The first-order valence-electron chi connectivity index (χ1n) is 9.85. The van der Waals surface area contributed by atoms with Gasteiger partial charge in [0.1, 0.15) is 5.75 Å². The van der Waals surface area contributed by atoms with Crippen molar-refractivity contribution in [1.29, 1.82) is 0 Å².